The highest BCUT2D eigenvalue weighted by atomic mass is 35.5. The van der Waals surface area contributed by atoms with Gasteiger partial charge < -0.3 is 4.90 Å². The molecule has 0 aliphatic rings. The Morgan fingerprint density at radius 3 is 2.88 bits per heavy atom. The summed E-state index contributed by atoms with van der Waals surface area (Å²) in [6.45, 7) is 4.67. The topological polar surface area (TPSA) is 49.7 Å². The van der Waals surface area contributed by atoms with Crippen LogP contribution in [0.3, 0.4) is 0 Å². The van der Waals surface area contributed by atoms with Crippen molar-refractivity contribution in [1.29, 1.82) is 0 Å². The molecule has 1 N–H and O–H groups in total. The molecule has 2 rings (SSSR count). The van der Waals surface area contributed by atoms with E-state index in [2.05, 4.69) is 27.2 Å². The number of nitrogens with one attached hydrogen (secondary N) is 1. The van der Waals surface area contributed by atoms with E-state index in [1.807, 2.05) is 24.0 Å². The molecule has 92 valence electrons. The summed E-state index contributed by atoms with van der Waals surface area (Å²) in [6, 6.07) is 0. The number of rotatable bonds is 5. The van der Waals surface area contributed by atoms with Crippen molar-refractivity contribution < 1.29 is 0 Å². The fourth-order valence-electron chi connectivity index (χ4n) is 1.64. The molecule has 2 heterocycles. The average Bonchev–Trinajstić information content (AvgIpc) is 2.86. The van der Waals surface area contributed by atoms with E-state index in [0.29, 0.717) is 5.02 Å². The van der Waals surface area contributed by atoms with E-state index in [1.54, 1.807) is 6.20 Å². The fourth-order valence-corrected chi connectivity index (χ4v) is 1.79. The molecule has 6 heteroatoms. The van der Waals surface area contributed by atoms with Crippen LogP contribution in [0.25, 0.3) is 0 Å². The van der Waals surface area contributed by atoms with Crippen LogP contribution in [0.4, 0.5) is 0 Å². The Morgan fingerprint density at radius 2 is 2.29 bits per heavy atom. The third kappa shape index (κ3) is 3.31. The summed E-state index contributed by atoms with van der Waals surface area (Å²) in [5, 5.41) is 11.8. The zero-order valence-electron chi connectivity index (χ0n) is 10.0. The van der Waals surface area contributed by atoms with E-state index >= 15 is 0 Å². The summed E-state index contributed by atoms with van der Waals surface area (Å²) in [6.07, 6.45) is 5.36. The van der Waals surface area contributed by atoms with Gasteiger partial charge in [-0.1, -0.05) is 11.6 Å². The number of aromatic amines is 1. The number of likely N-dealkylation sites (N-methyl/N-ethyl adjacent to an activating group) is 1. The van der Waals surface area contributed by atoms with Crippen LogP contribution in [0.2, 0.25) is 5.02 Å². The zero-order valence-corrected chi connectivity index (χ0v) is 10.8. The largest absolute Gasteiger partial charge is 0.300 e. The zero-order chi connectivity index (χ0) is 12.3. The SMILES string of the molecule is Cc1[nH]ncc1CN(C)CCn1cc(Cl)cn1. The van der Waals surface area contributed by atoms with Crippen molar-refractivity contribution in [2.45, 2.75) is 20.0 Å². The highest BCUT2D eigenvalue weighted by Crippen LogP contribution is 2.07. The van der Waals surface area contributed by atoms with Gasteiger partial charge in [0.25, 0.3) is 0 Å². The minimum Gasteiger partial charge on any atom is -0.300 e. The molecule has 0 bridgehead atoms. The molecule has 0 fully saturated rings. The Hall–Kier alpha value is -1.33. The van der Waals surface area contributed by atoms with Crippen LogP contribution < -0.4 is 0 Å². The molecular weight excluding hydrogens is 238 g/mol. The standard InChI is InChI=1S/C11H16ClN5/c1-9-10(5-13-15-9)7-16(2)3-4-17-8-11(12)6-14-17/h5-6,8H,3-4,7H2,1-2H3,(H,13,15). The van der Waals surface area contributed by atoms with Crippen molar-refractivity contribution in [2.24, 2.45) is 0 Å². The van der Waals surface area contributed by atoms with E-state index in [1.165, 1.54) is 5.56 Å². The summed E-state index contributed by atoms with van der Waals surface area (Å²) in [4.78, 5) is 2.23. The van der Waals surface area contributed by atoms with Gasteiger partial charge in [-0.3, -0.25) is 9.78 Å². The van der Waals surface area contributed by atoms with Crippen LogP contribution in [0.5, 0.6) is 0 Å². The van der Waals surface area contributed by atoms with Crippen LogP contribution in [-0.2, 0) is 13.1 Å². The molecule has 17 heavy (non-hydrogen) atoms. The van der Waals surface area contributed by atoms with Crippen LogP contribution in [-0.4, -0.2) is 38.5 Å². The smallest absolute Gasteiger partial charge is 0.0785 e. The maximum Gasteiger partial charge on any atom is 0.0785 e. The van der Waals surface area contributed by atoms with Gasteiger partial charge in [-0.25, -0.2) is 0 Å². The molecule has 0 spiro atoms. The highest BCUT2D eigenvalue weighted by Gasteiger charge is 2.05. The van der Waals surface area contributed by atoms with Crippen molar-refractivity contribution >= 4 is 11.6 Å². The number of aromatic nitrogens is 4. The number of H-pyrrole nitrogens is 1. The monoisotopic (exact) mass is 253 g/mol. The lowest BCUT2D eigenvalue weighted by Crippen LogP contribution is -2.23. The van der Waals surface area contributed by atoms with Crippen LogP contribution in [0.15, 0.2) is 18.6 Å². The Morgan fingerprint density at radius 1 is 1.47 bits per heavy atom. The summed E-state index contributed by atoms with van der Waals surface area (Å²) in [7, 11) is 2.08. The first kappa shape index (κ1) is 12.1. The average molecular weight is 254 g/mol. The number of hydrogen-bond donors (Lipinski definition) is 1. The maximum atomic E-state index is 5.80. The molecule has 0 saturated heterocycles. The van der Waals surface area contributed by atoms with Crippen LogP contribution in [0.1, 0.15) is 11.3 Å². The third-order valence-electron chi connectivity index (χ3n) is 2.69. The van der Waals surface area contributed by atoms with Crippen molar-refractivity contribution in [1.82, 2.24) is 24.9 Å². The Kier molecular flexibility index (Phi) is 3.81. The molecule has 0 saturated carbocycles. The van der Waals surface area contributed by atoms with Gasteiger partial charge in [0.05, 0.1) is 24.0 Å². The second-order valence-corrected chi connectivity index (χ2v) is 4.62. The summed E-state index contributed by atoms with van der Waals surface area (Å²) in [5.41, 5.74) is 2.35. The molecule has 0 aliphatic heterocycles. The summed E-state index contributed by atoms with van der Waals surface area (Å²) >= 11 is 5.80. The van der Waals surface area contributed by atoms with Gasteiger partial charge >= 0.3 is 0 Å². The lowest BCUT2D eigenvalue weighted by molar-refractivity contribution is 0.305. The number of hydrogen-bond acceptors (Lipinski definition) is 3. The summed E-state index contributed by atoms with van der Waals surface area (Å²) in [5.74, 6) is 0. The molecule has 0 amide bonds. The second-order valence-electron chi connectivity index (χ2n) is 4.18. The third-order valence-corrected chi connectivity index (χ3v) is 2.88. The van der Waals surface area contributed by atoms with Gasteiger partial charge in [0.2, 0.25) is 0 Å². The van der Waals surface area contributed by atoms with Crippen LogP contribution in [0, 0.1) is 6.92 Å². The molecule has 0 unspecified atom stereocenters. The molecule has 0 atom stereocenters. The van der Waals surface area contributed by atoms with Gasteiger partial charge in [0, 0.05) is 30.5 Å². The second kappa shape index (κ2) is 5.33. The normalized spacial score (nSPS) is 11.3. The van der Waals surface area contributed by atoms with E-state index in [4.69, 9.17) is 11.6 Å². The summed E-state index contributed by atoms with van der Waals surface area (Å²) < 4.78 is 1.85. The maximum absolute atomic E-state index is 5.80. The first-order chi connectivity index (χ1) is 8.15. The van der Waals surface area contributed by atoms with E-state index in [-0.39, 0.29) is 0 Å². The first-order valence-electron chi connectivity index (χ1n) is 5.50. The Bertz CT molecular complexity index is 476. The lowest BCUT2D eigenvalue weighted by Gasteiger charge is -2.15. The van der Waals surface area contributed by atoms with Gasteiger partial charge in [-0.05, 0) is 14.0 Å². The minimum atomic E-state index is 0.679. The number of halogens is 1. The van der Waals surface area contributed by atoms with E-state index in [0.717, 1.165) is 25.3 Å². The van der Waals surface area contributed by atoms with Crippen LogP contribution >= 0.6 is 11.6 Å². The molecule has 2 aromatic rings. The first-order valence-corrected chi connectivity index (χ1v) is 5.88. The molecule has 0 aromatic carbocycles. The Labute approximate surface area is 105 Å². The minimum absolute atomic E-state index is 0.679. The molecule has 5 nitrogen and oxygen atoms in total. The van der Waals surface area contributed by atoms with Crippen molar-refractivity contribution in [2.75, 3.05) is 13.6 Å². The van der Waals surface area contributed by atoms with Gasteiger partial charge in [-0.2, -0.15) is 10.2 Å². The van der Waals surface area contributed by atoms with Crippen molar-refractivity contribution in [3.63, 3.8) is 0 Å². The predicted octanol–water partition coefficient (Wildman–Crippen LogP) is 1.70. The van der Waals surface area contributed by atoms with Gasteiger partial charge in [0.15, 0.2) is 0 Å². The molecule has 0 aliphatic carbocycles. The van der Waals surface area contributed by atoms with E-state index < -0.39 is 0 Å². The predicted molar refractivity (Wildman–Crippen MR) is 66.9 cm³/mol. The molecule has 0 radical (unpaired) electrons. The number of aryl methyl sites for hydroxylation is 1. The fraction of sp³-hybridized carbons (Fsp3) is 0.455. The highest BCUT2D eigenvalue weighted by molar-refractivity contribution is 6.30. The number of nitrogens with zero attached hydrogens (tertiary/aromatic N) is 4. The molecular formula is C11H16ClN5. The quantitative estimate of drug-likeness (QED) is 0.883. The molecule has 2 aromatic heterocycles. The van der Waals surface area contributed by atoms with Gasteiger partial charge in [-0.15, -0.1) is 0 Å². The van der Waals surface area contributed by atoms with Gasteiger partial charge in [0.1, 0.15) is 0 Å². The lowest BCUT2D eigenvalue weighted by atomic mass is 10.2. The van der Waals surface area contributed by atoms with Crippen molar-refractivity contribution in [3.8, 4) is 0 Å². The van der Waals surface area contributed by atoms with Crippen molar-refractivity contribution in [3.05, 3.63) is 34.9 Å². The Balaban J connectivity index is 1.82. The van der Waals surface area contributed by atoms with E-state index in [9.17, 15) is 0 Å².